The predicted octanol–water partition coefficient (Wildman–Crippen LogP) is 0.493. The number of carbonyl (C=O) groups is 1. The van der Waals surface area contributed by atoms with Crippen LogP contribution in [0.3, 0.4) is 0 Å². The van der Waals surface area contributed by atoms with Crippen LogP contribution in [0.25, 0.3) is 11.0 Å². The van der Waals surface area contributed by atoms with Crippen LogP contribution in [0.4, 0.5) is 0 Å². The van der Waals surface area contributed by atoms with E-state index in [-0.39, 0.29) is 19.1 Å². The van der Waals surface area contributed by atoms with Gasteiger partial charge in [-0.3, -0.25) is 14.8 Å². The number of amides is 1. The predicted molar refractivity (Wildman–Crippen MR) is 74.2 cm³/mol. The van der Waals surface area contributed by atoms with Crippen LogP contribution in [0.1, 0.15) is 23.7 Å². The van der Waals surface area contributed by atoms with Gasteiger partial charge in [-0.25, -0.2) is 0 Å². The minimum Gasteiger partial charge on any atom is -0.394 e. The first-order chi connectivity index (χ1) is 9.65. The molecule has 0 radical (unpaired) electrons. The van der Waals surface area contributed by atoms with Crippen molar-refractivity contribution in [3.63, 3.8) is 0 Å². The van der Waals surface area contributed by atoms with Crippen molar-refractivity contribution in [3.8, 4) is 0 Å². The van der Waals surface area contributed by atoms with Crippen molar-refractivity contribution in [2.24, 2.45) is 0 Å². The normalized spacial score (nSPS) is 11.6. The fourth-order valence-corrected chi connectivity index (χ4v) is 1.93. The van der Waals surface area contributed by atoms with Crippen molar-refractivity contribution >= 4 is 16.9 Å². The molecule has 0 spiro atoms. The number of hydrogen-bond donors (Lipinski definition) is 3. The summed E-state index contributed by atoms with van der Waals surface area (Å²) < 4.78 is 0. The first-order valence-corrected chi connectivity index (χ1v) is 6.40. The van der Waals surface area contributed by atoms with Gasteiger partial charge in [0.25, 0.3) is 5.91 Å². The van der Waals surface area contributed by atoms with Crippen LogP contribution in [0.2, 0.25) is 0 Å². The summed E-state index contributed by atoms with van der Waals surface area (Å²) in [7, 11) is 0. The summed E-state index contributed by atoms with van der Waals surface area (Å²) in [6, 6.07) is 5.13. The second-order valence-electron chi connectivity index (χ2n) is 4.63. The van der Waals surface area contributed by atoms with Crippen molar-refractivity contribution in [2.75, 3.05) is 13.2 Å². The van der Waals surface area contributed by atoms with Crippen molar-refractivity contribution in [1.29, 1.82) is 0 Å². The van der Waals surface area contributed by atoms with Crippen LogP contribution in [0.15, 0.2) is 30.6 Å². The van der Waals surface area contributed by atoms with E-state index in [1.54, 1.807) is 31.3 Å². The van der Waals surface area contributed by atoms with Gasteiger partial charge >= 0.3 is 0 Å². The fraction of sp³-hybridized carbons (Fsp3) is 0.357. The third-order valence-corrected chi connectivity index (χ3v) is 3.40. The maximum absolute atomic E-state index is 12.3. The van der Waals surface area contributed by atoms with Crippen LogP contribution in [0, 0.1) is 0 Å². The third kappa shape index (κ3) is 2.61. The molecule has 0 aliphatic rings. The van der Waals surface area contributed by atoms with E-state index < -0.39 is 5.54 Å². The van der Waals surface area contributed by atoms with Gasteiger partial charge in [0.1, 0.15) is 5.52 Å². The molecule has 1 heterocycles. The highest BCUT2D eigenvalue weighted by Crippen LogP contribution is 2.16. The molecule has 0 aliphatic heterocycles. The number of fused-ring (bicyclic) bond motifs is 1. The molecular formula is C14H17N3O3. The monoisotopic (exact) mass is 275 g/mol. The molecule has 0 atom stereocenters. The Morgan fingerprint density at radius 3 is 2.60 bits per heavy atom. The third-order valence-electron chi connectivity index (χ3n) is 3.40. The highest BCUT2D eigenvalue weighted by molar-refractivity contribution is 6.04. The zero-order chi connectivity index (χ0) is 14.6. The lowest BCUT2D eigenvalue weighted by Crippen LogP contribution is -2.53. The summed E-state index contributed by atoms with van der Waals surface area (Å²) in [6.45, 7) is 1.12. The van der Waals surface area contributed by atoms with Crippen LogP contribution in [0.5, 0.6) is 0 Å². The molecule has 1 aromatic heterocycles. The Labute approximate surface area is 116 Å². The number of nitrogens with one attached hydrogen (secondary N) is 1. The lowest BCUT2D eigenvalue weighted by atomic mass is 9.97. The lowest BCUT2D eigenvalue weighted by molar-refractivity contribution is 0.0654. The van der Waals surface area contributed by atoms with Crippen molar-refractivity contribution < 1.29 is 15.0 Å². The maximum atomic E-state index is 12.3. The van der Waals surface area contributed by atoms with Crippen LogP contribution >= 0.6 is 0 Å². The molecule has 0 saturated heterocycles. The quantitative estimate of drug-likeness (QED) is 0.738. The van der Waals surface area contributed by atoms with Gasteiger partial charge in [0.15, 0.2) is 0 Å². The van der Waals surface area contributed by atoms with Gasteiger partial charge in [0.05, 0.1) is 29.8 Å². The van der Waals surface area contributed by atoms with Gasteiger partial charge in [-0.2, -0.15) is 0 Å². The van der Waals surface area contributed by atoms with Gasteiger partial charge in [-0.05, 0) is 18.6 Å². The molecule has 0 fully saturated rings. The smallest absolute Gasteiger partial charge is 0.254 e. The number of aliphatic hydroxyl groups is 2. The minimum absolute atomic E-state index is 0.331. The van der Waals surface area contributed by atoms with Crippen LogP contribution in [-0.2, 0) is 0 Å². The second kappa shape index (κ2) is 5.94. The number of nitrogens with zero attached hydrogens (tertiary/aromatic N) is 2. The van der Waals surface area contributed by atoms with Gasteiger partial charge in [-0.1, -0.05) is 13.0 Å². The molecule has 3 N–H and O–H groups in total. The average Bonchev–Trinajstić information content (AvgIpc) is 2.52. The van der Waals surface area contributed by atoms with Crippen molar-refractivity contribution in [2.45, 2.75) is 18.9 Å². The molecule has 0 saturated carbocycles. The fourth-order valence-electron chi connectivity index (χ4n) is 1.93. The molecule has 6 nitrogen and oxygen atoms in total. The number of aliphatic hydroxyl groups excluding tert-OH is 2. The number of rotatable bonds is 5. The minimum atomic E-state index is -1.03. The number of benzene rings is 1. The largest absolute Gasteiger partial charge is 0.394 e. The highest BCUT2D eigenvalue weighted by Gasteiger charge is 2.29. The summed E-state index contributed by atoms with van der Waals surface area (Å²) in [5.74, 6) is -0.388. The average molecular weight is 275 g/mol. The summed E-state index contributed by atoms with van der Waals surface area (Å²) in [4.78, 5) is 20.7. The SMILES string of the molecule is CCC(CO)(CO)NC(=O)c1cccc2nccnc12. The first-order valence-electron chi connectivity index (χ1n) is 6.40. The molecule has 1 amide bonds. The Morgan fingerprint density at radius 1 is 1.25 bits per heavy atom. The van der Waals surface area contributed by atoms with Gasteiger partial charge in [-0.15, -0.1) is 0 Å². The topological polar surface area (TPSA) is 95.3 Å². The molecular weight excluding hydrogens is 258 g/mol. The number of aromatic nitrogens is 2. The molecule has 0 bridgehead atoms. The molecule has 2 rings (SSSR count). The maximum Gasteiger partial charge on any atom is 0.254 e. The van der Waals surface area contributed by atoms with E-state index in [4.69, 9.17) is 0 Å². The molecule has 1 aromatic carbocycles. The zero-order valence-corrected chi connectivity index (χ0v) is 11.2. The van der Waals surface area contributed by atoms with Crippen LogP contribution < -0.4 is 5.32 Å². The summed E-state index contributed by atoms with van der Waals surface area (Å²) in [6.07, 6.45) is 3.49. The molecule has 2 aromatic rings. The van der Waals surface area contributed by atoms with E-state index in [9.17, 15) is 15.0 Å². The van der Waals surface area contributed by atoms with E-state index >= 15 is 0 Å². The van der Waals surface area contributed by atoms with E-state index in [2.05, 4.69) is 15.3 Å². The number of para-hydroxylation sites is 1. The van der Waals surface area contributed by atoms with Crippen molar-refractivity contribution in [3.05, 3.63) is 36.2 Å². The molecule has 0 unspecified atom stereocenters. The second-order valence-corrected chi connectivity index (χ2v) is 4.63. The molecule has 6 heteroatoms. The van der Waals surface area contributed by atoms with Gasteiger partial charge in [0, 0.05) is 12.4 Å². The first kappa shape index (κ1) is 14.4. The van der Waals surface area contributed by atoms with Gasteiger partial charge in [0.2, 0.25) is 0 Å². The summed E-state index contributed by atoms with van der Waals surface area (Å²) in [5.41, 5.74) is 0.459. The van der Waals surface area contributed by atoms with E-state index in [1.807, 2.05) is 0 Å². The molecule has 106 valence electrons. The number of carbonyl (C=O) groups excluding carboxylic acids is 1. The Morgan fingerprint density at radius 2 is 1.95 bits per heavy atom. The van der Waals surface area contributed by atoms with E-state index in [1.165, 1.54) is 6.20 Å². The number of hydrogen-bond acceptors (Lipinski definition) is 5. The Hall–Kier alpha value is -2.05. The van der Waals surface area contributed by atoms with E-state index in [0.717, 1.165) is 0 Å². The lowest BCUT2D eigenvalue weighted by Gasteiger charge is -2.29. The summed E-state index contributed by atoms with van der Waals surface area (Å²) in [5, 5.41) is 21.4. The Kier molecular flexibility index (Phi) is 4.26. The highest BCUT2D eigenvalue weighted by atomic mass is 16.3. The van der Waals surface area contributed by atoms with Crippen molar-refractivity contribution in [1.82, 2.24) is 15.3 Å². The van der Waals surface area contributed by atoms with E-state index in [0.29, 0.717) is 23.0 Å². The Bertz CT molecular complexity index is 598. The molecule has 20 heavy (non-hydrogen) atoms. The Balaban J connectivity index is 2.37. The zero-order valence-electron chi connectivity index (χ0n) is 11.2. The van der Waals surface area contributed by atoms with Gasteiger partial charge < -0.3 is 15.5 Å². The summed E-state index contributed by atoms with van der Waals surface area (Å²) >= 11 is 0. The van der Waals surface area contributed by atoms with Crippen LogP contribution in [-0.4, -0.2) is 44.8 Å². The standard InChI is InChI=1S/C14H17N3O3/c1-2-14(8-18,9-19)17-13(20)10-4-3-5-11-12(10)16-7-6-15-11/h3-7,18-19H,2,8-9H2,1H3,(H,17,20). The molecule has 0 aliphatic carbocycles.